The first-order valence-electron chi connectivity index (χ1n) is 5.35. The Morgan fingerprint density at radius 3 is 2.73 bits per heavy atom. The summed E-state index contributed by atoms with van der Waals surface area (Å²) in [7, 11) is 0. The fourth-order valence-corrected chi connectivity index (χ4v) is 1.85. The Morgan fingerprint density at radius 2 is 2.27 bits per heavy atom. The van der Waals surface area contributed by atoms with E-state index in [4.69, 9.17) is 5.11 Å². The predicted molar refractivity (Wildman–Crippen MR) is 53.0 cm³/mol. The lowest BCUT2D eigenvalue weighted by molar-refractivity contribution is -0.133. The normalized spacial score (nSPS) is 23.0. The molecule has 1 saturated heterocycles. The van der Waals surface area contributed by atoms with Gasteiger partial charge in [-0.15, -0.1) is 0 Å². The van der Waals surface area contributed by atoms with Crippen LogP contribution in [-0.2, 0) is 9.59 Å². The monoisotopic (exact) mass is 212 g/mol. The summed E-state index contributed by atoms with van der Waals surface area (Å²) in [5.41, 5.74) is -0.375. The molecule has 15 heavy (non-hydrogen) atoms. The van der Waals surface area contributed by atoms with Crippen LogP contribution in [0.25, 0.3) is 0 Å². The van der Waals surface area contributed by atoms with Gasteiger partial charge in [0, 0.05) is 13.0 Å². The van der Waals surface area contributed by atoms with Crippen molar-refractivity contribution in [2.75, 3.05) is 19.7 Å². The molecule has 1 aliphatic heterocycles. The van der Waals surface area contributed by atoms with Crippen LogP contribution >= 0.6 is 0 Å². The Balaban J connectivity index is 1.79. The average molecular weight is 212 g/mol. The van der Waals surface area contributed by atoms with Gasteiger partial charge in [0.05, 0.1) is 18.7 Å². The maximum Gasteiger partial charge on any atom is 0.240 e. The number of rotatable bonds is 4. The van der Waals surface area contributed by atoms with Gasteiger partial charge in [-0.05, 0) is 19.3 Å². The van der Waals surface area contributed by atoms with E-state index in [9.17, 15) is 9.59 Å². The summed E-state index contributed by atoms with van der Waals surface area (Å²) in [6.45, 7) is 0.811. The minimum Gasteiger partial charge on any atom is -0.394 e. The van der Waals surface area contributed by atoms with E-state index in [1.165, 1.54) is 0 Å². The van der Waals surface area contributed by atoms with Crippen molar-refractivity contribution in [1.82, 2.24) is 10.2 Å². The Labute approximate surface area is 88.4 Å². The van der Waals surface area contributed by atoms with Crippen LogP contribution in [0.3, 0.4) is 0 Å². The second-order valence-electron chi connectivity index (χ2n) is 4.41. The van der Waals surface area contributed by atoms with Crippen molar-refractivity contribution in [3.05, 3.63) is 0 Å². The molecule has 2 fully saturated rings. The summed E-state index contributed by atoms with van der Waals surface area (Å²) < 4.78 is 0. The lowest BCUT2D eigenvalue weighted by atomic mass is 10.3. The van der Waals surface area contributed by atoms with Crippen LogP contribution in [-0.4, -0.2) is 47.1 Å². The van der Waals surface area contributed by atoms with E-state index >= 15 is 0 Å². The Kier molecular flexibility index (Phi) is 2.65. The van der Waals surface area contributed by atoms with Gasteiger partial charge in [0.25, 0.3) is 0 Å². The summed E-state index contributed by atoms with van der Waals surface area (Å²) in [6.07, 6.45) is 3.07. The standard InChI is InChI=1S/C10H16N2O3/c13-7-10(3-4-10)11-8(14)6-12-5-1-2-9(12)15/h13H,1-7H2,(H,11,14). The zero-order chi connectivity index (χ0) is 10.9. The second-order valence-corrected chi connectivity index (χ2v) is 4.41. The van der Waals surface area contributed by atoms with Crippen LogP contribution in [0, 0.1) is 0 Å². The van der Waals surface area contributed by atoms with E-state index in [1.807, 2.05) is 0 Å². The van der Waals surface area contributed by atoms with Crippen molar-refractivity contribution >= 4 is 11.8 Å². The maximum absolute atomic E-state index is 11.5. The number of carbonyl (C=O) groups is 2. The molecule has 2 N–H and O–H groups in total. The summed E-state index contributed by atoms with van der Waals surface area (Å²) in [5.74, 6) is -0.101. The molecule has 1 heterocycles. The van der Waals surface area contributed by atoms with Crippen LogP contribution in [0.1, 0.15) is 25.7 Å². The minimum atomic E-state index is -0.375. The molecule has 0 aromatic carbocycles. The van der Waals surface area contributed by atoms with Crippen molar-refractivity contribution in [2.45, 2.75) is 31.2 Å². The van der Waals surface area contributed by atoms with E-state index in [0.717, 1.165) is 19.3 Å². The number of likely N-dealkylation sites (tertiary alicyclic amines) is 1. The van der Waals surface area contributed by atoms with Gasteiger partial charge >= 0.3 is 0 Å². The largest absolute Gasteiger partial charge is 0.394 e. The van der Waals surface area contributed by atoms with Crippen molar-refractivity contribution in [1.29, 1.82) is 0 Å². The van der Waals surface area contributed by atoms with Crippen LogP contribution in [0.4, 0.5) is 0 Å². The van der Waals surface area contributed by atoms with Crippen LogP contribution in [0.15, 0.2) is 0 Å². The average Bonchev–Trinajstić information content (AvgIpc) is 2.86. The van der Waals surface area contributed by atoms with E-state index in [0.29, 0.717) is 13.0 Å². The van der Waals surface area contributed by atoms with Crippen LogP contribution in [0.2, 0.25) is 0 Å². The number of aliphatic hydroxyl groups excluding tert-OH is 1. The highest BCUT2D eigenvalue weighted by molar-refractivity contribution is 5.86. The lowest BCUT2D eigenvalue weighted by Crippen LogP contribution is -2.45. The third-order valence-electron chi connectivity index (χ3n) is 3.07. The molecule has 0 unspecified atom stereocenters. The zero-order valence-electron chi connectivity index (χ0n) is 8.66. The number of nitrogens with one attached hydrogen (secondary N) is 1. The molecule has 2 aliphatic rings. The molecule has 2 amide bonds. The Bertz CT molecular complexity index is 286. The molecule has 0 aromatic rings. The molecule has 2 rings (SSSR count). The molecule has 5 nitrogen and oxygen atoms in total. The number of carbonyl (C=O) groups excluding carboxylic acids is 2. The molecule has 0 atom stereocenters. The molecule has 0 spiro atoms. The number of amides is 2. The molecular weight excluding hydrogens is 196 g/mol. The molecular formula is C10H16N2O3. The number of nitrogens with zero attached hydrogens (tertiary/aromatic N) is 1. The highest BCUT2D eigenvalue weighted by Gasteiger charge is 2.43. The Hall–Kier alpha value is -1.10. The number of hydrogen-bond acceptors (Lipinski definition) is 3. The summed E-state index contributed by atoms with van der Waals surface area (Å²) in [6, 6.07) is 0. The molecule has 1 aliphatic carbocycles. The zero-order valence-corrected chi connectivity index (χ0v) is 8.66. The highest BCUT2D eigenvalue weighted by atomic mass is 16.3. The fraction of sp³-hybridized carbons (Fsp3) is 0.800. The van der Waals surface area contributed by atoms with Gasteiger partial charge < -0.3 is 15.3 Å². The van der Waals surface area contributed by atoms with Crippen LogP contribution in [0.5, 0.6) is 0 Å². The summed E-state index contributed by atoms with van der Waals surface area (Å²) >= 11 is 0. The SMILES string of the molecule is O=C(CN1CCCC1=O)NC1(CO)CC1. The summed E-state index contributed by atoms with van der Waals surface area (Å²) in [5, 5.41) is 11.8. The first-order valence-corrected chi connectivity index (χ1v) is 5.35. The van der Waals surface area contributed by atoms with Crippen molar-refractivity contribution in [3.63, 3.8) is 0 Å². The van der Waals surface area contributed by atoms with Crippen molar-refractivity contribution < 1.29 is 14.7 Å². The summed E-state index contributed by atoms with van der Waals surface area (Å²) in [4.78, 5) is 24.4. The number of hydrogen-bond donors (Lipinski definition) is 2. The van der Waals surface area contributed by atoms with E-state index in [1.54, 1.807) is 4.90 Å². The van der Waals surface area contributed by atoms with Crippen molar-refractivity contribution in [3.8, 4) is 0 Å². The fourth-order valence-electron chi connectivity index (χ4n) is 1.85. The van der Waals surface area contributed by atoms with Gasteiger partial charge in [-0.1, -0.05) is 0 Å². The van der Waals surface area contributed by atoms with Gasteiger partial charge in [0.2, 0.25) is 11.8 Å². The van der Waals surface area contributed by atoms with Gasteiger partial charge in [0.15, 0.2) is 0 Å². The Morgan fingerprint density at radius 1 is 1.53 bits per heavy atom. The number of aliphatic hydroxyl groups is 1. The van der Waals surface area contributed by atoms with Gasteiger partial charge in [-0.2, -0.15) is 0 Å². The third-order valence-corrected chi connectivity index (χ3v) is 3.07. The van der Waals surface area contributed by atoms with E-state index in [-0.39, 0.29) is 30.5 Å². The maximum atomic E-state index is 11.5. The first-order chi connectivity index (χ1) is 7.15. The molecule has 5 heteroatoms. The van der Waals surface area contributed by atoms with Crippen LogP contribution < -0.4 is 5.32 Å². The van der Waals surface area contributed by atoms with Gasteiger partial charge in [-0.25, -0.2) is 0 Å². The van der Waals surface area contributed by atoms with Gasteiger partial charge in [0.1, 0.15) is 0 Å². The second kappa shape index (κ2) is 3.81. The topological polar surface area (TPSA) is 69.6 Å². The van der Waals surface area contributed by atoms with Crippen molar-refractivity contribution in [2.24, 2.45) is 0 Å². The molecule has 0 aromatic heterocycles. The molecule has 84 valence electrons. The van der Waals surface area contributed by atoms with E-state index in [2.05, 4.69) is 5.32 Å². The molecule has 0 radical (unpaired) electrons. The first kappa shape index (κ1) is 10.4. The minimum absolute atomic E-state index is 0.00726. The van der Waals surface area contributed by atoms with E-state index < -0.39 is 0 Å². The molecule has 0 bridgehead atoms. The quantitative estimate of drug-likeness (QED) is 0.644. The molecule has 1 saturated carbocycles. The highest BCUT2D eigenvalue weighted by Crippen LogP contribution is 2.34. The smallest absolute Gasteiger partial charge is 0.240 e. The third kappa shape index (κ3) is 2.28. The van der Waals surface area contributed by atoms with Gasteiger partial charge in [-0.3, -0.25) is 9.59 Å². The lowest BCUT2D eigenvalue weighted by Gasteiger charge is -2.18. The predicted octanol–water partition coefficient (Wildman–Crippen LogP) is -0.750.